The maximum Gasteiger partial charge on any atom is 0.234 e. The van der Waals surface area contributed by atoms with E-state index in [-0.39, 0.29) is 11.7 Å². The number of aromatic nitrogens is 2. The van der Waals surface area contributed by atoms with E-state index >= 15 is 0 Å². The molecule has 0 aliphatic rings. The predicted octanol–water partition coefficient (Wildman–Crippen LogP) is 6.72. The number of carbonyl (C=O) groups is 1. The fraction of sp³-hybridized carbons (Fsp3) is 0.0870. The molecular weight excluding hydrogens is 555 g/mol. The zero-order chi connectivity index (χ0) is 22.3. The molecule has 0 aliphatic carbocycles. The molecule has 162 valence electrons. The maximum atomic E-state index is 12.3. The molecule has 0 unspecified atom stereocenters. The number of aryl methyl sites for hydroxylation is 1. The molecule has 3 aromatic carbocycles. The number of nitrogens with one attached hydrogen (secondary N) is 2. The smallest absolute Gasteiger partial charge is 0.234 e. The lowest BCUT2D eigenvalue weighted by Gasteiger charge is -2.08. The number of halogens is 1. The third kappa shape index (κ3) is 6.44. The molecule has 9 heteroatoms. The van der Waals surface area contributed by atoms with Crippen molar-refractivity contribution in [1.82, 2.24) is 10.2 Å². The van der Waals surface area contributed by atoms with Gasteiger partial charge in [-0.15, -0.1) is 10.2 Å². The molecule has 0 saturated heterocycles. The second kappa shape index (κ2) is 10.8. The fourth-order valence-electron chi connectivity index (χ4n) is 2.75. The van der Waals surface area contributed by atoms with Crippen molar-refractivity contribution in [1.29, 1.82) is 0 Å². The normalized spacial score (nSPS) is 10.6. The number of anilines is 3. The summed E-state index contributed by atoms with van der Waals surface area (Å²) in [4.78, 5) is 12.3. The quantitative estimate of drug-likeness (QED) is 0.180. The third-order valence-electron chi connectivity index (χ3n) is 4.28. The summed E-state index contributed by atoms with van der Waals surface area (Å²) in [6, 6.07) is 23.2. The second-order valence-corrected chi connectivity index (χ2v) is 10.2. The number of carbonyl (C=O) groups excluding carboxylic acids is 1. The van der Waals surface area contributed by atoms with E-state index in [2.05, 4.69) is 43.4 Å². The molecule has 4 aromatic rings. The molecule has 0 fully saturated rings. The Morgan fingerprint density at radius 2 is 1.78 bits per heavy atom. The van der Waals surface area contributed by atoms with Crippen LogP contribution in [-0.4, -0.2) is 21.9 Å². The first-order chi connectivity index (χ1) is 15.5. The van der Waals surface area contributed by atoms with E-state index in [9.17, 15) is 4.79 Å². The van der Waals surface area contributed by atoms with Crippen molar-refractivity contribution < 1.29 is 9.53 Å². The Bertz CT molecular complexity index is 1200. The number of rotatable bonds is 8. The third-order valence-corrected chi connectivity index (χ3v) is 6.92. The van der Waals surface area contributed by atoms with Crippen molar-refractivity contribution >= 4 is 68.1 Å². The SMILES string of the molecule is Cc1cc(I)ccc1NC(=O)CSc1nnc(Nc2ccc(Oc3ccccc3)cc2)s1. The summed E-state index contributed by atoms with van der Waals surface area (Å²) in [5.41, 5.74) is 2.75. The number of nitrogens with zero attached hydrogens (tertiary/aromatic N) is 2. The van der Waals surface area contributed by atoms with Crippen LogP contribution in [0.15, 0.2) is 77.1 Å². The van der Waals surface area contributed by atoms with Gasteiger partial charge in [-0.3, -0.25) is 4.79 Å². The van der Waals surface area contributed by atoms with E-state index in [0.717, 1.165) is 36.3 Å². The Kier molecular flexibility index (Phi) is 7.61. The van der Waals surface area contributed by atoms with Gasteiger partial charge in [-0.1, -0.05) is 41.3 Å². The van der Waals surface area contributed by atoms with Gasteiger partial charge in [-0.2, -0.15) is 0 Å². The van der Waals surface area contributed by atoms with Crippen LogP contribution >= 0.6 is 45.7 Å². The number of hydrogen-bond acceptors (Lipinski definition) is 7. The Balaban J connectivity index is 1.27. The van der Waals surface area contributed by atoms with E-state index in [1.54, 1.807) is 0 Å². The molecule has 6 nitrogen and oxygen atoms in total. The van der Waals surface area contributed by atoms with Gasteiger partial charge in [0.1, 0.15) is 11.5 Å². The zero-order valence-corrected chi connectivity index (χ0v) is 20.8. The van der Waals surface area contributed by atoms with Crippen molar-refractivity contribution in [2.45, 2.75) is 11.3 Å². The first kappa shape index (κ1) is 22.6. The molecule has 0 radical (unpaired) electrons. The summed E-state index contributed by atoms with van der Waals surface area (Å²) in [5.74, 6) is 1.74. The molecule has 2 N–H and O–H groups in total. The van der Waals surface area contributed by atoms with E-state index in [0.29, 0.717) is 5.13 Å². The van der Waals surface area contributed by atoms with Gasteiger partial charge in [0.2, 0.25) is 11.0 Å². The first-order valence-electron chi connectivity index (χ1n) is 9.67. The van der Waals surface area contributed by atoms with Crippen LogP contribution in [-0.2, 0) is 4.79 Å². The average molecular weight is 574 g/mol. The van der Waals surface area contributed by atoms with Gasteiger partial charge in [0.25, 0.3) is 0 Å². The summed E-state index contributed by atoms with van der Waals surface area (Å²) in [5, 5.41) is 15.2. The lowest BCUT2D eigenvalue weighted by molar-refractivity contribution is -0.113. The highest BCUT2D eigenvalue weighted by Crippen LogP contribution is 2.29. The van der Waals surface area contributed by atoms with Gasteiger partial charge in [0, 0.05) is 14.9 Å². The van der Waals surface area contributed by atoms with Gasteiger partial charge in [-0.25, -0.2) is 0 Å². The lowest BCUT2D eigenvalue weighted by atomic mass is 10.2. The van der Waals surface area contributed by atoms with Gasteiger partial charge in [0.15, 0.2) is 4.34 Å². The van der Waals surface area contributed by atoms with Crippen LogP contribution in [0.25, 0.3) is 0 Å². The summed E-state index contributed by atoms with van der Waals surface area (Å²) in [6.45, 7) is 1.98. The molecule has 0 bridgehead atoms. The standard InChI is InChI=1S/C23H19IN4O2S2/c1-15-13-16(24)7-12-20(15)26-21(29)14-31-23-28-27-22(32-23)25-17-8-10-19(11-9-17)30-18-5-3-2-4-6-18/h2-13H,14H2,1H3,(H,25,27)(H,26,29). The van der Waals surface area contributed by atoms with Crippen LogP contribution < -0.4 is 15.4 Å². The van der Waals surface area contributed by atoms with Crippen molar-refractivity contribution in [2.75, 3.05) is 16.4 Å². The van der Waals surface area contributed by atoms with Crippen LogP contribution in [0.3, 0.4) is 0 Å². The minimum atomic E-state index is -0.0713. The molecule has 0 saturated carbocycles. The number of ether oxygens (including phenoxy) is 1. The van der Waals surface area contributed by atoms with Crippen molar-refractivity contribution in [3.05, 3.63) is 81.9 Å². The van der Waals surface area contributed by atoms with Crippen LogP contribution in [0.2, 0.25) is 0 Å². The Morgan fingerprint density at radius 1 is 1.03 bits per heavy atom. The monoisotopic (exact) mass is 574 g/mol. The van der Waals surface area contributed by atoms with E-state index in [1.807, 2.05) is 79.7 Å². The number of amides is 1. The summed E-state index contributed by atoms with van der Waals surface area (Å²) >= 11 is 5.02. The van der Waals surface area contributed by atoms with Crippen molar-refractivity contribution in [3.8, 4) is 11.5 Å². The Labute approximate surface area is 208 Å². The van der Waals surface area contributed by atoms with Gasteiger partial charge in [-0.05, 0) is 89.7 Å². The molecule has 1 heterocycles. The second-order valence-electron chi connectivity index (χ2n) is 6.73. The van der Waals surface area contributed by atoms with Gasteiger partial charge >= 0.3 is 0 Å². The number of para-hydroxylation sites is 1. The van der Waals surface area contributed by atoms with Crippen LogP contribution in [0.4, 0.5) is 16.5 Å². The highest BCUT2D eigenvalue weighted by Gasteiger charge is 2.10. The minimum absolute atomic E-state index is 0.0713. The zero-order valence-electron chi connectivity index (χ0n) is 17.0. The van der Waals surface area contributed by atoms with Gasteiger partial charge < -0.3 is 15.4 Å². The highest BCUT2D eigenvalue weighted by atomic mass is 127. The van der Waals surface area contributed by atoms with Crippen molar-refractivity contribution in [3.63, 3.8) is 0 Å². The summed E-state index contributed by atoms with van der Waals surface area (Å²) in [7, 11) is 0. The Morgan fingerprint density at radius 3 is 2.53 bits per heavy atom. The van der Waals surface area contributed by atoms with E-state index in [1.165, 1.54) is 23.1 Å². The van der Waals surface area contributed by atoms with E-state index in [4.69, 9.17) is 4.74 Å². The molecule has 0 atom stereocenters. The number of benzene rings is 3. The van der Waals surface area contributed by atoms with Crippen molar-refractivity contribution in [2.24, 2.45) is 0 Å². The minimum Gasteiger partial charge on any atom is -0.457 e. The summed E-state index contributed by atoms with van der Waals surface area (Å²) < 4.78 is 7.67. The largest absolute Gasteiger partial charge is 0.457 e. The number of hydrogen-bond donors (Lipinski definition) is 2. The van der Waals surface area contributed by atoms with Gasteiger partial charge in [0.05, 0.1) is 5.75 Å². The molecule has 0 spiro atoms. The number of thioether (sulfide) groups is 1. The molecule has 32 heavy (non-hydrogen) atoms. The topological polar surface area (TPSA) is 76.1 Å². The maximum absolute atomic E-state index is 12.3. The van der Waals surface area contributed by atoms with Crippen LogP contribution in [0.5, 0.6) is 11.5 Å². The molecule has 1 aromatic heterocycles. The highest BCUT2D eigenvalue weighted by molar-refractivity contribution is 14.1. The fourth-order valence-corrected chi connectivity index (χ4v) is 4.97. The molecule has 0 aliphatic heterocycles. The lowest BCUT2D eigenvalue weighted by Crippen LogP contribution is -2.14. The molecule has 1 amide bonds. The first-order valence-corrected chi connectivity index (χ1v) is 12.6. The van der Waals surface area contributed by atoms with Crippen LogP contribution in [0.1, 0.15) is 5.56 Å². The van der Waals surface area contributed by atoms with E-state index < -0.39 is 0 Å². The average Bonchev–Trinajstić information content (AvgIpc) is 3.24. The Hall–Kier alpha value is -2.63. The summed E-state index contributed by atoms with van der Waals surface area (Å²) in [6.07, 6.45) is 0. The predicted molar refractivity (Wildman–Crippen MR) is 139 cm³/mol. The molecule has 4 rings (SSSR count). The van der Waals surface area contributed by atoms with Crippen LogP contribution in [0, 0.1) is 10.5 Å². The molecular formula is C23H19IN4O2S2.